The number of carboxylic acids is 1. The van der Waals surface area contributed by atoms with E-state index < -0.39 is 5.97 Å². The van der Waals surface area contributed by atoms with Gasteiger partial charge in [0.15, 0.2) is 0 Å². The summed E-state index contributed by atoms with van der Waals surface area (Å²) in [4.78, 5) is 11.3. The third kappa shape index (κ3) is 3.15. The molecule has 1 N–H and O–H groups in total. The maximum Gasteiger partial charge on any atom is 0.339 e. The Hall–Kier alpha value is -1.30. The number of hydrogen-bond donors (Lipinski definition) is 1. The van der Waals surface area contributed by atoms with Crippen LogP contribution in [0.3, 0.4) is 0 Å². The predicted octanol–water partition coefficient (Wildman–Crippen LogP) is 2.76. The van der Waals surface area contributed by atoms with Gasteiger partial charge in [0.05, 0.1) is 18.8 Å². The van der Waals surface area contributed by atoms with E-state index in [9.17, 15) is 9.90 Å². The number of rotatable bonds is 3. The van der Waals surface area contributed by atoms with Crippen molar-refractivity contribution in [2.45, 2.75) is 31.0 Å². The van der Waals surface area contributed by atoms with Gasteiger partial charge in [-0.15, -0.1) is 0 Å². The van der Waals surface area contributed by atoms with E-state index in [4.69, 9.17) is 25.8 Å². The molecule has 6 heteroatoms. The van der Waals surface area contributed by atoms with Crippen molar-refractivity contribution >= 4 is 17.6 Å². The second-order valence-corrected chi connectivity index (χ2v) is 5.95. The summed E-state index contributed by atoms with van der Waals surface area (Å²) >= 11 is 5.85. The first-order valence-corrected chi connectivity index (χ1v) is 7.37. The molecule has 0 bridgehead atoms. The van der Waals surface area contributed by atoms with Crippen molar-refractivity contribution in [1.29, 1.82) is 0 Å². The van der Waals surface area contributed by atoms with E-state index in [1.54, 1.807) is 12.1 Å². The quantitative estimate of drug-likeness (QED) is 0.929. The highest BCUT2D eigenvalue weighted by molar-refractivity contribution is 6.31. The minimum Gasteiger partial charge on any atom is -0.489 e. The summed E-state index contributed by atoms with van der Waals surface area (Å²) < 4.78 is 17.2. The van der Waals surface area contributed by atoms with Crippen molar-refractivity contribution in [2.75, 3.05) is 19.8 Å². The van der Waals surface area contributed by atoms with E-state index >= 15 is 0 Å². The van der Waals surface area contributed by atoms with Gasteiger partial charge in [-0.2, -0.15) is 0 Å². The molecule has 21 heavy (non-hydrogen) atoms. The summed E-state index contributed by atoms with van der Waals surface area (Å²) in [6.45, 7) is 1.89. The molecule has 0 aliphatic carbocycles. The van der Waals surface area contributed by atoms with Crippen LogP contribution in [0.25, 0.3) is 0 Å². The van der Waals surface area contributed by atoms with Crippen LogP contribution in [-0.4, -0.2) is 42.6 Å². The molecule has 1 spiro atoms. The van der Waals surface area contributed by atoms with Gasteiger partial charge in [-0.3, -0.25) is 0 Å². The molecule has 0 aromatic heterocycles. The average Bonchev–Trinajstić information content (AvgIpc) is 2.88. The zero-order valence-corrected chi connectivity index (χ0v) is 12.3. The van der Waals surface area contributed by atoms with E-state index in [0.29, 0.717) is 37.0 Å². The van der Waals surface area contributed by atoms with E-state index in [1.807, 2.05) is 0 Å². The number of carbonyl (C=O) groups is 1. The van der Waals surface area contributed by atoms with E-state index in [-0.39, 0.29) is 17.3 Å². The Labute approximate surface area is 127 Å². The van der Waals surface area contributed by atoms with Gasteiger partial charge in [0, 0.05) is 30.9 Å². The Balaban J connectivity index is 1.75. The molecule has 3 rings (SSSR count). The van der Waals surface area contributed by atoms with Crippen LogP contribution >= 0.6 is 11.6 Å². The van der Waals surface area contributed by atoms with Gasteiger partial charge in [-0.1, -0.05) is 11.6 Å². The molecule has 2 aliphatic rings. The lowest BCUT2D eigenvalue weighted by atomic mass is 9.91. The van der Waals surface area contributed by atoms with Gasteiger partial charge in [0.2, 0.25) is 0 Å². The fourth-order valence-corrected chi connectivity index (χ4v) is 3.07. The van der Waals surface area contributed by atoms with Crippen LogP contribution < -0.4 is 4.74 Å². The highest BCUT2D eigenvalue weighted by Crippen LogP contribution is 2.35. The molecule has 2 aliphatic heterocycles. The van der Waals surface area contributed by atoms with Crippen molar-refractivity contribution in [3.8, 4) is 5.75 Å². The molecular formula is C15H17ClO5. The Bertz CT molecular complexity index is 539. The summed E-state index contributed by atoms with van der Waals surface area (Å²) in [6, 6.07) is 4.66. The number of ether oxygens (including phenoxy) is 3. The molecule has 0 saturated carbocycles. The fourth-order valence-electron chi connectivity index (χ4n) is 2.90. The molecule has 5 nitrogen and oxygen atoms in total. The lowest BCUT2D eigenvalue weighted by Crippen LogP contribution is -2.44. The van der Waals surface area contributed by atoms with Crippen molar-refractivity contribution in [1.82, 2.24) is 0 Å². The molecule has 2 saturated heterocycles. The summed E-state index contributed by atoms with van der Waals surface area (Å²) in [6.07, 6.45) is 2.25. The molecule has 2 atom stereocenters. The monoisotopic (exact) mass is 312 g/mol. The standard InChI is InChI=1S/C15H17ClO5/c16-10-1-2-13(12(7-10)14(17)18)21-11-3-5-20-15(8-11)4-6-19-9-15/h1-2,7,11H,3-6,8-9H2,(H,17,18). The van der Waals surface area contributed by atoms with E-state index in [0.717, 1.165) is 12.8 Å². The second-order valence-electron chi connectivity index (χ2n) is 5.51. The molecule has 1 aromatic carbocycles. The highest BCUT2D eigenvalue weighted by Gasteiger charge is 2.42. The summed E-state index contributed by atoms with van der Waals surface area (Å²) in [5, 5.41) is 9.62. The number of carboxylic acid groups (broad SMARTS) is 1. The Morgan fingerprint density at radius 2 is 2.29 bits per heavy atom. The SMILES string of the molecule is O=C(O)c1cc(Cl)ccc1OC1CCOC2(CCOC2)C1. The fraction of sp³-hybridized carbons (Fsp3) is 0.533. The van der Waals surface area contributed by atoms with Crippen LogP contribution in [0, 0.1) is 0 Å². The molecule has 0 radical (unpaired) electrons. The Morgan fingerprint density at radius 1 is 1.43 bits per heavy atom. The lowest BCUT2D eigenvalue weighted by molar-refractivity contribution is -0.112. The largest absolute Gasteiger partial charge is 0.489 e. The Kier molecular flexibility index (Phi) is 4.06. The number of aromatic carboxylic acids is 1. The van der Waals surface area contributed by atoms with Gasteiger partial charge in [0.1, 0.15) is 17.4 Å². The first-order valence-electron chi connectivity index (χ1n) is 6.99. The summed E-state index contributed by atoms with van der Waals surface area (Å²) in [5.74, 6) is -0.689. The molecule has 2 heterocycles. The van der Waals surface area contributed by atoms with Gasteiger partial charge in [-0.25, -0.2) is 4.79 Å². The summed E-state index contributed by atoms with van der Waals surface area (Å²) in [7, 11) is 0. The van der Waals surface area contributed by atoms with Gasteiger partial charge >= 0.3 is 5.97 Å². The van der Waals surface area contributed by atoms with Crippen LogP contribution in [0.4, 0.5) is 0 Å². The zero-order chi connectivity index (χ0) is 14.9. The smallest absolute Gasteiger partial charge is 0.339 e. The van der Waals surface area contributed by atoms with Crippen LogP contribution in [-0.2, 0) is 9.47 Å². The first kappa shape index (κ1) is 14.6. The predicted molar refractivity (Wildman–Crippen MR) is 76.2 cm³/mol. The minimum atomic E-state index is -1.04. The normalized spacial score (nSPS) is 28.7. The molecule has 1 aromatic rings. The lowest BCUT2D eigenvalue weighted by Gasteiger charge is -2.37. The molecular weight excluding hydrogens is 296 g/mol. The Morgan fingerprint density at radius 3 is 3.00 bits per heavy atom. The average molecular weight is 313 g/mol. The molecule has 2 unspecified atom stereocenters. The number of halogens is 1. The maximum absolute atomic E-state index is 11.3. The van der Waals surface area contributed by atoms with Crippen LogP contribution in [0.15, 0.2) is 18.2 Å². The summed E-state index contributed by atoms with van der Waals surface area (Å²) in [5.41, 5.74) is -0.177. The molecule has 2 fully saturated rings. The van der Waals surface area contributed by atoms with Gasteiger partial charge in [0.25, 0.3) is 0 Å². The van der Waals surface area contributed by atoms with Crippen molar-refractivity contribution in [2.24, 2.45) is 0 Å². The van der Waals surface area contributed by atoms with Crippen molar-refractivity contribution < 1.29 is 24.1 Å². The van der Waals surface area contributed by atoms with Crippen LogP contribution in [0.1, 0.15) is 29.6 Å². The van der Waals surface area contributed by atoms with Crippen molar-refractivity contribution in [3.63, 3.8) is 0 Å². The minimum absolute atomic E-state index is 0.0697. The van der Waals surface area contributed by atoms with Crippen molar-refractivity contribution in [3.05, 3.63) is 28.8 Å². The third-order valence-electron chi connectivity index (χ3n) is 3.98. The van der Waals surface area contributed by atoms with Gasteiger partial charge < -0.3 is 19.3 Å². The number of hydrogen-bond acceptors (Lipinski definition) is 4. The first-order chi connectivity index (χ1) is 10.1. The van der Waals surface area contributed by atoms with E-state index in [2.05, 4.69) is 0 Å². The van der Waals surface area contributed by atoms with Crippen LogP contribution in [0.5, 0.6) is 5.75 Å². The van der Waals surface area contributed by atoms with Crippen LogP contribution in [0.2, 0.25) is 5.02 Å². The molecule has 0 amide bonds. The maximum atomic E-state index is 11.3. The highest BCUT2D eigenvalue weighted by atomic mass is 35.5. The van der Waals surface area contributed by atoms with Gasteiger partial charge in [-0.05, 0) is 18.2 Å². The van der Waals surface area contributed by atoms with E-state index in [1.165, 1.54) is 6.07 Å². The topological polar surface area (TPSA) is 65.0 Å². The number of benzene rings is 1. The molecule has 114 valence electrons. The zero-order valence-electron chi connectivity index (χ0n) is 11.5. The second kappa shape index (κ2) is 5.83. The third-order valence-corrected chi connectivity index (χ3v) is 4.22.